The lowest BCUT2D eigenvalue weighted by Gasteiger charge is -2.35. The number of carbonyl (C=O) groups is 2. The molecule has 0 spiro atoms. The van der Waals surface area contributed by atoms with Crippen molar-refractivity contribution in [3.8, 4) is 5.75 Å². The first-order valence-corrected chi connectivity index (χ1v) is 12.3. The van der Waals surface area contributed by atoms with E-state index in [1.807, 2.05) is 4.90 Å². The van der Waals surface area contributed by atoms with Crippen molar-refractivity contribution < 1.29 is 27.9 Å². The summed E-state index contributed by atoms with van der Waals surface area (Å²) in [4.78, 5) is 34.9. The van der Waals surface area contributed by atoms with Crippen molar-refractivity contribution in [2.75, 3.05) is 47.0 Å². The van der Waals surface area contributed by atoms with Crippen LogP contribution in [0.2, 0.25) is 0 Å². The molecule has 3 heterocycles. The molecule has 2 aromatic carbocycles. The number of carbonyl (C=O) groups excluding carboxylic acids is 2. The number of phenols is 1. The van der Waals surface area contributed by atoms with Gasteiger partial charge in [0.1, 0.15) is 17.1 Å². The van der Waals surface area contributed by atoms with E-state index in [2.05, 4.69) is 25.9 Å². The van der Waals surface area contributed by atoms with Gasteiger partial charge in [-0.15, -0.1) is 0 Å². The summed E-state index contributed by atoms with van der Waals surface area (Å²) in [6.45, 7) is 3.90. The third kappa shape index (κ3) is 5.66. The van der Waals surface area contributed by atoms with Crippen LogP contribution in [-0.2, 0) is 28.7 Å². The van der Waals surface area contributed by atoms with E-state index in [4.69, 9.17) is 0 Å². The third-order valence-electron chi connectivity index (χ3n) is 6.74. The van der Waals surface area contributed by atoms with E-state index in [0.717, 1.165) is 11.3 Å². The zero-order chi connectivity index (χ0) is 27.7. The van der Waals surface area contributed by atoms with Gasteiger partial charge in [-0.1, -0.05) is 12.1 Å². The Balaban J connectivity index is 1.33. The van der Waals surface area contributed by atoms with Crippen LogP contribution in [0.15, 0.2) is 42.6 Å². The largest absolute Gasteiger partial charge is 0.506 e. The summed E-state index contributed by atoms with van der Waals surface area (Å²) in [5.41, 5.74) is 1.96. The standard InChI is InChI=1S/C26H26F3N7O3/c1-15(37)35-7-9-36(10-8-35)17-5-6-21(22(38)11-17)33-25-31-14-19(26(27,28)29)24(34-25)30-13-16-3-2-4-20-18(16)12-23(39)32-20/h2-6,11,14,38H,7-10,12-13H2,1H3,(H,32,39)(H2,30,31,33,34). The van der Waals surface area contributed by atoms with Gasteiger partial charge >= 0.3 is 6.18 Å². The minimum absolute atomic E-state index is 0.00844. The van der Waals surface area contributed by atoms with Crippen molar-refractivity contribution in [1.29, 1.82) is 0 Å². The van der Waals surface area contributed by atoms with E-state index in [1.165, 1.54) is 6.92 Å². The number of piperazine rings is 1. The fraction of sp³-hybridized carbons (Fsp3) is 0.308. The number of aromatic nitrogens is 2. The number of phenolic OH excluding ortho intramolecular Hbond substituents is 1. The van der Waals surface area contributed by atoms with Gasteiger partial charge < -0.3 is 30.9 Å². The molecule has 4 N–H and O–H groups in total. The molecular formula is C26H26F3N7O3. The highest BCUT2D eigenvalue weighted by Crippen LogP contribution is 2.36. The first kappa shape index (κ1) is 26.1. The Hall–Kier alpha value is -4.55. The lowest BCUT2D eigenvalue weighted by Crippen LogP contribution is -2.48. The quantitative estimate of drug-likeness (QED) is 0.349. The number of fused-ring (bicyclic) bond motifs is 1. The minimum Gasteiger partial charge on any atom is -0.506 e. The number of rotatable bonds is 6. The number of anilines is 5. The zero-order valence-corrected chi connectivity index (χ0v) is 21.0. The smallest absolute Gasteiger partial charge is 0.421 e. The van der Waals surface area contributed by atoms with E-state index < -0.39 is 17.6 Å². The van der Waals surface area contributed by atoms with Crippen LogP contribution in [0.25, 0.3) is 0 Å². The highest BCUT2D eigenvalue weighted by molar-refractivity contribution is 5.99. The number of halogens is 3. The first-order valence-electron chi connectivity index (χ1n) is 12.3. The van der Waals surface area contributed by atoms with Gasteiger partial charge in [-0.25, -0.2) is 4.98 Å². The number of hydrogen-bond donors (Lipinski definition) is 4. The van der Waals surface area contributed by atoms with Gasteiger partial charge in [0.15, 0.2) is 0 Å². The Morgan fingerprint density at radius 1 is 1.15 bits per heavy atom. The third-order valence-corrected chi connectivity index (χ3v) is 6.74. The molecule has 1 fully saturated rings. The summed E-state index contributed by atoms with van der Waals surface area (Å²) in [5, 5.41) is 18.8. The van der Waals surface area contributed by atoms with E-state index in [9.17, 15) is 27.9 Å². The summed E-state index contributed by atoms with van der Waals surface area (Å²) in [5.74, 6) is -0.863. The van der Waals surface area contributed by atoms with Crippen LogP contribution in [0.3, 0.4) is 0 Å². The predicted octanol–water partition coefficient (Wildman–Crippen LogP) is 3.72. The van der Waals surface area contributed by atoms with Gasteiger partial charge in [0.2, 0.25) is 17.8 Å². The van der Waals surface area contributed by atoms with Crippen LogP contribution in [0, 0.1) is 0 Å². The molecule has 1 aromatic heterocycles. The van der Waals surface area contributed by atoms with Crippen molar-refractivity contribution in [3.05, 3.63) is 59.3 Å². The molecule has 3 aromatic rings. The van der Waals surface area contributed by atoms with Gasteiger partial charge in [-0.3, -0.25) is 9.59 Å². The normalized spacial score (nSPS) is 15.1. The molecule has 0 aliphatic carbocycles. The molecular weight excluding hydrogens is 515 g/mol. The maximum absolute atomic E-state index is 13.7. The molecule has 2 amide bonds. The molecule has 0 radical (unpaired) electrons. The Labute approximate surface area is 221 Å². The average Bonchev–Trinajstić information content (AvgIpc) is 3.29. The maximum Gasteiger partial charge on any atom is 0.421 e. The Morgan fingerprint density at radius 3 is 2.62 bits per heavy atom. The average molecular weight is 542 g/mol. The van der Waals surface area contributed by atoms with Crippen molar-refractivity contribution in [2.24, 2.45) is 0 Å². The monoisotopic (exact) mass is 541 g/mol. The Bertz CT molecular complexity index is 1420. The topological polar surface area (TPSA) is 123 Å². The fourth-order valence-corrected chi connectivity index (χ4v) is 4.67. The summed E-state index contributed by atoms with van der Waals surface area (Å²) in [6.07, 6.45) is -3.87. The van der Waals surface area contributed by atoms with Crippen molar-refractivity contribution >= 4 is 40.6 Å². The minimum atomic E-state index is -4.70. The molecule has 13 heteroatoms. The lowest BCUT2D eigenvalue weighted by molar-refractivity contribution is -0.137. The van der Waals surface area contributed by atoms with Gasteiger partial charge in [0.25, 0.3) is 0 Å². The van der Waals surface area contributed by atoms with Gasteiger partial charge in [-0.2, -0.15) is 18.2 Å². The molecule has 0 saturated carbocycles. The molecule has 5 rings (SSSR count). The molecule has 1 saturated heterocycles. The van der Waals surface area contributed by atoms with Crippen molar-refractivity contribution in [2.45, 2.75) is 26.1 Å². The summed E-state index contributed by atoms with van der Waals surface area (Å²) in [7, 11) is 0. The molecule has 2 aliphatic rings. The van der Waals surface area contributed by atoms with Crippen LogP contribution in [-0.4, -0.2) is 58.0 Å². The number of nitrogens with one attached hydrogen (secondary N) is 3. The number of alkyl halides is 3. The SMILES string of the molecule is CC(=O)N1CCN(c2ccc(Nc3ncc(C(F)(F)F)c(NCc4cccc5c4CC(=O)N5)n3)c(O)c2)CC1. The number of nitrogens with zero attached hydrogens (tertiary/aromatic N) is 4. The van der Waals surface area contributed by atoms with E-state index in [1.54, 1.807) is 41.3 Å². The molecule has 10 nitrogen and oxygen atoms in total. The summed E-state index contributed by atoms with van der Waals surface area (Å²) in [6, 6.07) is 10.1. The number of hydrogen-bond acceptors (Lipinski definition) is 8. The van der Waals surface area contributed by atoms with Crippen LogP contribution >= 0.6 is 0 Å². The molecule has 2 aliphatic heterocycles. The summed E-state index contributed by atoms with van der Waals surface area (Å²) < 4.78 is 41.1. The van der Waals surface area contributed by atoms with Crippen LogP contribution in [0.1, 0.15) is 23.6 Å². The highest BCUT2D eigenvalue weighted by atomic mass is 19.4. The van der Waals surface area contributed by atoms with E-state index >= 15 is 0 Å². The van der Waals surface area contributed by atoms with Crippen LogP contribution < -0.4 is 20.9 Å². The second-order valence-corrected chi connectivity index (χ2v) is 9.29. The van der Waals surface area contributed by atoms with Gasteiger partial charge in [0.05, 0.1) is 12.1 Å². The van der Waals surface area contributed by atoms with E-state index in [-0.39, 0.29) is 42.2 Å². The predicted molar refractivity (Wildman–Crippen MR) is 139 cm³/mol. The molecule has 0 unspecified atom stereocenters. The Morgan fingerprint density at radius 2 is 1.92 bits per heavy atom. The second-order valence-electron chi connectivity index (χ2n) is 9.29. The molecule has 0 bridgehead atoms. The second kappa shape index (κ2) is 10.3. The van der Waals surface area contributed by atoms with Crippen LogP contribution in [0.4, 0.5) is 42.0 Å². The van der Waals surface area contributed by atoms with Crippen molar-refractivity contribution in [1.82, 2.24) is 14.9 Å². The number of aromatic hydroxyl groups is 1. The Kier molecular flexibility index (Phi) is 6.89. The van der Waals surface area contributed by atoms with Gasteiger partial charge in [0, 0.05) is 63.3 Å². The van der Waals surface area contributed by atoms with Crippen LogP contribution in [0.5, 0.6) is 5.75 Å². The fourth-order valence-electron chi connectivity index (χ4n) is 4.67. The lowest BCUT2D eigenvalue weighted by atomic mass is 10.0. The maximum atomic E-state index is 13.7. The molecule has 39 heavy (non-hydrogen) atoms. The summed E-state index contributed by atoms with van der Waals surface area (Å²) >= 11 is 0. The number of benzene rings is 2. The molecule has 0 atom stereocenters. The zero-order valence-electron chi connectivity index (χ0n) is 21.0. The first-order chi connectivity index (χ1) is 18.6. The van der Waals surface area contributed by atoms with Crippen molar-refractivity contribution in [3.63, 3.8) is 0 Å². The van der Waals surface area contributed by atoms with Gasteiger partial charge in [-0.05, 0) is 29.3 Å². The highest BCUT2D eigenvalue weighted by Gasteiger charge is 2.35. The van der Waals surface area contributed by atoms with E-state index in [0.29, 0.717) is 43.6 Å². The number of amides is 2. The molecule has 204 valence electrons.